The van der Waals surface area contributed by atoms with Crippen molar-refractivity contribution in [2.24, 2.45) is 0 Å². The Labute approximate surface area is 115 Å². The molecular formula is C14H26N4O. The molecule has 1 aromatic heterocycles. The Morgan fingerprint density at radius 3 is 2.95 bits per heavy atom. The summed E-state index contributed by atoms with van der Waals surface area (Å²) in [7, 11) is 0. The van der Waals surface area contributed by atoms with Crippen LogP contribution >= 0.6 is 0 Å². The molecule has 1 aliphatic heterocycles. The molecule has 0 aromatic carbocycles. The van der Waals surface area contributed by atoms with Crippen LogP contribution in [-0.4, -0.2) is 46.6 Å². The third-order valence-corrected chi connectivity index (χ3v) is 3.48. The maximum absolute atomic E-state index is 5.83. The maximum Gasteiger partial charge on any atom is 0.136 e. The van der Waals surface area contributed by atoms with Crippen molar-refractivity contribution in [3.05, 3.63) is 17.7 Å². The van der Waals surface area contributed by atoms with E-state index in [4.69, 9.17) is 4.74 Å². The lowest BCUT2D eigenvalue weighted by molar-refractivity contribution is -0.0439. The highest BCUT2D eigenvalue weighted by Crippen LogP contribution is 2.21. The van der Waals surface area contributed by atoms with Crippen LogP contribution in [0.25, 0.3) is 0 Å². The van der Waals surface area contributed by atoms with E-state index in [2.05, 4.69) is 47.9 Å². The third kappa shape index (κ3) is 4.03. The molecule has 1 aliphatic rings. The van der Waals surface area contributed by atoms with Crippen molar-refractivity contribution in [2.45, 2.75) is 52.4 Å². The van der Waals surface area contributed by atoms with Gasteiger partial charge in [0.1, 0.15) is 11.9 Å². The first kappa shape index (κ1) is 14.5. The molecule has 1 aromatic rings. The van der Waals surface area contributed by atoms with E-state index in [0.29, 0.717) is 12.1 Å². The Morgan fingerprint density at radius 2 is 2.26 bits per heavy atom. The Kier molecular flexibility index (Phi) is 4.96. The van der Waals surface area contributed by atoms with Crippen molar-refractivity contribution >= 4 is 0 Å². The Hall–Kier alpha value is -0.910. The van der Waals surface area contributed by atoms with E-state index in [1.54, 1.807) is 0 Å². The number of hydrogen-bond acceptors (Lipinski definition) is 4. The first-order chi connectivity index (χ1) is 9.06. The average molecular weight is 266 g/mol. The lowest BCUT2D eigenvalue weighted by Gasteiger charge is -2.34. The second-order valence-corrected chi connectivity index (χ2v) is 5.78. The Balaban J connectivity index is 1.94. The molecule has 0 aliphatic carbocycles. The van der Waals surface area contributed by atoms with Gasteiger partial charge < -0.3 is 15.0 Å². The number of rotatable bonds is 5. The number of aromatic amines is 1. The molecule has 5 nitrogen and oxygen atoms in total. The summed E-state index contributed by atoms with van der Waals surface area (Å²) in [6.07, 6.45) is 1.98. The monoisotopic (exact) mass is 266 g/mol. The van der Waals surface area contributed by atoms with Crippen molar-refractivity contribution in [3.63, 3.8) is 0 Å². The number of hydrogen-bond donors (Lipinski definition) is 2. The summed E-state index contributed by atoms with van der Waals surface area (Å²) >= 11 is 0. The van der Waals surface area contributed by atoms with E-state index >= 15 is 0 Å². The van der Waals surface area contributed by atoms with Gasteiger partial charge in [-0.3, -0.25) is 4.90 Å². The molecular weight excluding hydrogens is 240 g/mol. The van der Waals surface area contributed by atoms with Gasteiger partial charge >= 0.3 is 0 Å². The molecule has 1 fully saturated rings. The van der Waals surface area contributed by atoms with Crippen molar-refractivity contribution in [1.29, 1.82) is 0 Å². The maximum atomic E-state index is 5.83. The van der Waals surface area contributed by atoms with Gasteiger partial charge in [0.05, 0.1) is 6.61 Å². The van der Waals surface area contributed by atoms with Gasteiger partial charge in [0.15, 0.2) is 0 Å². The van der Waals surface area contributed by atoms with Gasteiger partial charge in [0.2, 0.25) is 0 Å². The summed E-state index contributed by atoms with van der Waals surface area (Å²) < 4.78 is 5.83. The Bertz CT molecular complexity index is 389. The summed E-state index contributed by atoms with van der Waals surface area (Å²) in [6, 6.07) is 1.04. The van der Waals surface area contributed by atoms with Crippen LogP contribution in [0.1, 0.15) is 45.3 Å². The summed E-state index contributed by atoms with van der Waals surface area (Å²) in [5, 5.41) is 3.38. The summed E-state index contributed by atoms with van der Waals surface area (Å²) in [6.45, 7) is 12.3. The van der Waals surface area contributed by atoms with Crippen molar-refractivity contribution in [1.82, 2.24) is 20.2 Å². The van der Waals surface area contributed by atoms with Gasteiger partial charge in [-0.2, -0.15) is 0 Å². The van der Waals surface area contributed by atoms with Gasteiger partial charge in [-0.05, 0) is 13.8 Å². The van der Waals surface area contributed by atoms with E-state index in [1.807, 2.05) is 6.20 Å². The summed E-state index contributed by atoms with van der Waals surface area (Å²) in [5.74, 6) is 0.950. The second kappa shape index (κ2) is 6.50. The van der Waals surface area contributed by atoms with Crippen LogP contribution in [0.15, 0.2) is 6.20 Å². The molecule has 5 heteroatoms. The first-order valence-electron chi connectivity index (χ1n) is 7.19. The molecule has 0 bridgehead atoms. The van der Waals surface area contributed by atoms with Gasteiger partial charge in [-0.25, -0.2) is 4.98 Å². The second-order valence-electron chi connectivity index (χ2n) is 5.78. The fourth-order valence-corrected chi connectivity index (χ4v) is 2.25. The van der Waals surface area contributed by atoms with E-state index in [0.717, 1.165) is 37.8 Å². The average Bonchev–Trinajstić information content (AvgIpc) is 2.85. The van der Waals surface area contributed by atoms with Crippen LogP contribution in [0.2, 0.25) is 0 Å². The van der Waals surface area contributed by atoms with Gasteiger partial charge in [-0.15, -0.1) is 0 Å². The van der Waals surface area contributed by atoms with Gasteiger partial charge in [0.25, 0.3) is 0 Å². The van der Waals surface area contributed by atoms with Crippen molar-refractivity contribution in [3.8, 4) is 0 Å². The highest BCUT2D eigenvalue weighted by Gasteiger charge is 2.25. The number of H-pyrrole nitrogens is 1. The molecule has 0 spiro atoms. The molecule has 0 amide bonds. The van der Waals surface area contributed by atoms with Gasteiger partial charge in [0, 0.05) is 43.6 Å². The number of nitrogens with zero attached hydrogens (tertiary/aromatic N) is 2. The van der Waals surface area contributed by atoms with Crippen LogP contribution < -0.4 is 5.32 Å². The quantitative estimate of drug-likeness (QED) is 0.851. The van der Waals surface area contributed by atoms with Crippen LogP contribution in [0.5, 0.6) is 0 Å². The normalized spacial score (nSPS) is 21.5. The minimum Gasteiger partial charge on any atom is -0.368 e. The summed E-state index contributed by atoms with van der Waals surface area (Å²) in [5.41, 5.74) is 1.12. The molecule has 2 N–H and O–H groups in total. The van der Waals surface area contributed by atoms with Gasteiger partial charge in [-0.1, -0.05) is 13.8 Å². The molecule has 2 rings (SSSR count). The van der Waals surface area contributed by atoms with Crippen LogP contribution in [0.4, 0.5) is 0 Å². The standard InChI is InChI=1S/C14H26N4O/c1-10(2)15-7-12-8-16-14(17-12)13-9-18(11(3)4)5-6-19-13/h8,10-11,13,15H,5-7,9H2,1-4H3,(H,16,17). The highest BCUT2D eigenvalue weighted by atomic mass is 16.5. The van der Waals surface area contributed by atoms with E-state index in [9.17, 15) is 0 Å². The fourth-order valence-electron chi connectivity index (χ4n) is 2.25. The van der Waals surface area contributed by atoms with Crippen LogP contribution in [0.3, 0.4) is 0 Å². The SMILES string of the molecule is CC(C)NCc1cnc(C2CN(C(C)C)CCO2)[nH]1. The Morgan fingerprint density at radius 1 is 1.47 bits per heavy atom. The van der Waals surface area contributed by atoms with Crippen LogP contribution in [0, 0.1) is 0 Å². The lowest BCUT2D eigenvalue weighted by atomic mass is 10.2. The van der Waals surface area contributed by atoms with Crippen LogP contribution in [-0.2, 0) is 11.3 Å². The van der Waals surface area contributed by atoms with E-state index < -0.39 is 0 Å². The predicted molar refractivity (Wildman–Crippen MR) is 76.0 cm³/mol. The molecule has 1 unspecified atom stereocenters. The zero-order valence-corrected chi connectivity index (χ0v) is 12.4. The third-order valence-electron chi connectivity index (χ3n) is 3.48. The number of ether oxygens (including phenoxy) is 1. The molecule has 1 atom stereocenters. The molecule has 108 valence electrons. The molecule has 0 radical (unpaired) electrons. The van der Waals surface area contributed by atoms with E-state index in [-0.39, 0.29) is 6.10 Å². The number of morpholine rings is 1. The van der Waals surface area contributed by atoms with Crippen molar-refractivity contribution < 1.29 is 4.74 Å². The molecule has 1 saturated heterocycles. The fraction of sp³-hybridized carbons (Fsp3) is 0.786. The minimum absolute atomic E-state index is 0.0731. The zero-order valence-electron chi connectivity index (χ0n) is 12.4. The zero-order chi connectivity index (χ0) is 13.8. The number of nitrogens with one attached hydrogen (secondary N) is 2. The molecule has 19 heavy (non-hydrogen) atoms. The molecule has 2 heterocycles. The number of imidazole rings is 1. The smallest absolute Gasteiger partial charge is 0.136 e. The first-order valence-corrected chi connectivity index (χ1v) is 7.19. The lowest BCUT2D eigenvalue weighted by Crippen LogP contribution is -2.42. The predicted octanol–water partition coefficient (Wildman–Crippen LogP) is 1.69. The van der Waals surface area contributed by atoms with Crippen molar-refractivity contribution in [2.75, 3.05) is 19.7 Å². The topological polar surface area (TPSA) is 53.2 Å². The highest BCUT2D eigenvalue weighted by molar-refractivity contribution is 5.05. The number of aromatic nitrogens is 2. The minimum atomic E-state index is 0.0731. The molecule has 0 saturated carbocycles. The summed E-state index contributed by atoms with van der Waals surface area (Å²) in [4.78, 5) is 10.3. The van der Waals surface area contributed by atoms with E-state index in [1.165, 1.54) is 0 Å². The largest absolute Gasteiger partial charge is 0.368 e.